The molecule has 0 unspecified atom stereocenters. The summed E-state index contributed by atoms with van der Waals surface area (Å²) >= 11 is 0. The fourth-order valence-corrected chi connectivity index (χ4v) is 5.07. The lowest BCUT2D eigenvalue weighted by molar-refractivity contribution is -0.143. The van der Waals surface area contributed by atoms with E-state index >= 15 is 0 Å². The number of hydrogen-bond donors (Lipinski definition) is 0. The highest BCUT2D eigenvalue weighted by Gasteiger charge is 2.39. The second-order valence-corrected chi connectivity index (χ2v) is 9.49. The van der Waals surface area contributed by atoms with E-state index in [1.807, 2.05) is 0 Å². The Morgan fingerprint density at radius 1 is 1.08 bits per heavy atom. The summed E-state index contributed by atoms with van der Waals surface area (Å²) in [7, 11) is 1.50. The van der Waals surface area contributed by atoms with Crippen LogP contribution in [0.1, 0.15) is 40.0 Å². The lowest BCUT2D eigenvalue weighted by Gasteiger charge is -2.32. The van der Waals surface area contributed by atoms with E-state index in [0.29, 0.717) is 53.7 Å². The number of ether oxygens (including phenoxy) is 1. The first-order chi connectivity index (χ1) is 18.2. The summed E-state index contributed by atoms with van der Waals surface area (Å²) in [6.07, 6.45) is -1.66. The predicted octanol–water partition coefficient (Wildman–Crippen LogP) is 5.97. The van der Waals surface area contributed by atoms with Crippen molar-refractivity contribution in [2.24, 2.45) is 5.92 Å². The molecule has 1 amide bonds. The van der Waals surface area contributed by atoms with Gasteiger partial charge in [-0.05, 0) is 68.0 Å². The van der Waals surface area contributed by atoms with Gasteiger partial charge in [0.1, 0.15) is 17.1 Å². The Morgan fingerprint density at radius 2 is 1.76 bits per heavy atom. The van der Waals surface area contributed by atoms with E-state index in [9.17, 15) is 22.4 Å². The lowest BCUT2D eigenvalue weighted by atomic mass is 9.90. The van der Waals surface area contributed by atoms with Crippen molar-refractivity contribution >= 4 is 11.6 Å². The van der Waals surface area contributed by atoms with Crippen LogP contribution in [-0.2, 0) is 12.6 Å². The van der Waals surface area contributed by atoms with E-state index < -0.39 is 17.8 Å². The number of aromatic nitrogens is 3. The van der Waals surface area contributed by atoms with Crippen LogP contribution in [0.4, 0.5) is 17.6 Å². The van der Waals surface area contributed by atoms with Crippen molar-refractivity contribution in [3.8, 4) is 17.0 Å². The highest BCUT2D eigenvalue weighted by Crippen LogP contribution is 2.37. The van der Waals surface area contributed by atoms with Gasteiger partial charge in [-0.3, -0.25) is 4.79 Å². The standard InChI is InChI=1S/C28H26F4N4O2/c1-17-24(19-7-9-21(38-2)10-8-19)34-26-22(16-33-36(26)25(17)28(30,31)32)27(37)35-13-11-18(12-14-35)15-20-5-3-4-6-23(20)29/h3-10,16,18H,11-15H2,1-2H3. The number of alkyl halides is 3. The maximum absolute atomic E-state index is 14.2. The molecule has 1 aliphatic rings. The van der Waals surface area contributed by atoms with Crippen LogP contribution < -0.4 is 4.74 Å². The number of piperidine rings is 1. The van der Waals surface area contributed by atoms with Gasteiger partial charge >= 0.3 is 6.18 Å². The molecule has 0 atom stereocenters. The summed E-state index contributed by atoms with van der Waals surface area (Å²) in [4.78, 5) is 19.6. The van der Waals surface area contributed by atoms with Crippen LogP contribution >= 0.6 is 0 Å². The van der Waals surface area contributed by atoms with E-state index in [1.54, 1.807) is 47.4 Å². The monoisotopic (exact) mass is 526 g/mol. The van der Waals surface area contributed by atoms with Crippen LogP contribution in [0.3, 0.4) is 0 Å². The molecule has 2 aromatic heterocycles. The van der Waals surface area contributed by atoms with E-state index in [1.165, 1.54) is 20.1 Å². The molecule has 2 aromatic carbocycles. The van der Waals surface area contributed by atoms with E-state index in [-0.39, 0.29) is 34.2 Å². The highest BCUT2D eigenvalue weighted by atomic mass is 19.4. The molecule has 6 nitrogen and oxygen atoms in total. The zero-order valence-electron chi connectivity index (χ0n) is 20.9. The molecule has 1 fully saturated rings. The molecule has 1 saturated heterocycles. The summed E-state index contributed by atoms with van der Waals surface area (Å²) in [5.74, 6) is 0.0997. The normalized spacial score (nSPS) is 14.7. The molecule has 3 heterocycles. The third-order valence-corrected chi connectivity index (χ3v) is 7.11. The summed E-state index contributed by atoms with van der Waals surface area (Å²) in [5, 5.41) is 3.93. The molecule has 4 aromatic rings. The maximum Gasteiger partial charge on any atom is 0.433 e. The van der Waals surface area contributed by atoms with Gasteiger partial charge in [0.15, 0.2) is 11.3 Å². The van der Waals surface area contributed by atoms with Crippen molar-refractivity contribution in [2.45, 2.75) is 32.4 Å². The number of fused-ring (bicyclic) bond motifs is 1. The van der Waals surface area contributed by atoms with Gasteiger partial charge in [-0.2, -0.15) is 18.3 Å². The lowest BCUT2D eigenvalue weighted by Crippen LogP contribution is -2.39. The van der Waals surface area contributed by atoms with Gasteiger partial charge < -0.3 is 9.64 Å². The number of nitrogens with zero attached hydrogens (tertiary/aromatic N) is 4. The van der Waals surface area contributed by atoms with E-state index in [2.05, 4.69) is 10.1 Å². The van der Waals surface area contributed by atoms with Crippen molar-refractivity contribution in [2.75, 3.05) is 20.2 Å². The minimum atomic E-state index is -4.72. The number of carbonyl (C=O) groups is 1. The minimum absolute atomic E-state index is 0.0119. The van der Waals surface area contributed by atoms with Crippen LogP contribution in [0.2, 0.25) is 0 Å². The number of carbonyl (C=O) groups excluding carboxylic acids is 1. The van der Waals surface area contributed by atoms with Gasteiger partial charge in [0.2, 0.25) is 0 Å². The number of likely N-dealkylation sites (tertiary alicyclic amines) is 1. The van der Waals surface area contributed by atoms with Crippen molar-refractivity contribution in [1.82, 2.24) is 19.5 Å². The van der Waals surface area contributed by atoms with Crippen molar-refractivity contribution in [3.63, 3.8) is 0 Å². The van der Waals surface area contributed by atoms with Crippen molar-refractivity contribution < 1.29 is 27.1 Å². The van der Waals surface area contributed by atoms with Crippen LogP contribution in [0.5, 0.6) is 5.75 Å². The number of amides is 1. The summed E-state index contributed by atoms with van der Waals surface area (Å²) in [5.41, 5.74) is 0.0212. The number of hydrogen-bond acceptors (Lipinski definition) is 4. The van der Waals surface area contributed by atoms with Crippen molar-refractivity contribution in [1.29, 1.82) is 0 Å². The van der Waals surface area contributed by atoms with Gasteiger partial charge in [-0.1, -0.05) is 18.2 Å². The maximum atomic E-state index is 14.2. The van der Waals surface area contributed by atoms with Gasteiger partial charge in [-0.25, -0.2) is 13.9 Å². The van der Waals surface area contributed by atoms with Crippen molar-refractivity contribution in [3.05, 3.63) is 82.9 Å². The topological polar surface area (TPSA) is 59.7 Å². The molecular formula is C28H26F4N4O2. The molecule has 0 aliphatic carbocycles. The van der Waals surface area contributed by atoms with E-state index in [0.717, 1.165) is 6.20 Å². The Hall–Kier alpha value is -3.95. The zero-order valence-corrected chi connectivity index (χ0v) is 20.9. The second-order valence-electron chi connectivity index (χ2n) is 9.49. The second kappa shape index (κ2) is 10.1. The first-order valence-electron chi connectivity index (χ1n) is 12.3. The number of rotatable bonds is 5. The average molecular weight is 527 g/mol. The fraction of sp³-hybridized carbons (Fsp3) is 0.321. The molecule has 5 rings (SSSR count). The molecule has 0 bridgehead atoms. The summed E-state index contributed by atoms with van der Waals surface area (Å²) in [6.45, 7) is 2.18. The zero-order chi connectivity index (χ0) is 27.0. The first-order valence-corrected chi connectivity index (χ1v) is 12.3. The van der Waals surface area contributed by atoms with E-state index in [4.69, 9.17) is 4.74 Å². The first kappa shape index (κ1) is 25.7. The smallest absolute Gasteiger partial charge is 0.433 e. The Balaban J connectivity index is 1.45. The number of benzene rings is 2. The molecule has 38 heavy (non-hydrogen) atoms. The molecule has 1 aliphatic heterocycles. The summed E-state index contributed by atoms with van der Waals surface area (Å²) < 4.78 is 62.4. The number of halogens is 4. The van der Waals surface area contributed by atoms with Gasteiger partial charge in [0.25, 0.3) is 5.91 Å². The van der Waals surface area contributed by atoms with Crippen LogP contribution in [0.25, 0.3) is 16.9 Å². The molecular weight excluding hydrogens is 500 g/mol. The quantitative estimate of drug-likeness (QED) is 0.301. The molecule has 10 heteroatoms. The fourth-order valence-electron chi connectivity index (χ4n) is 5.07. The van der Waals surface area contributed by atoms with Crippen LogP contribution in [-0.4, -0.2) is 45.6 Å². The third kappa shape index (κ3) is 4.82. The van der Waals surface area contributed by atoms with Gasteiger partial charge in [0, 0.05) is 24.2 Å². The molecule has 198 valence electrons. The Bertz CT molecular complexity index is 1470. The third-order valence-electron chi connectivity index (χ3n) is 7.11. The number of methoxy groups -OCH3 is 1. The molecule has 0 spiro atoms. The largest absolute Gasteiger partial charge is 0.497 e. The average Bonchev–Trinajstić information content (AvgIpc) is 3.32. The molecule has 0 N–H and O–H groups in total. The molecule has 0 saturated carbocycles. The van der Waals surface area contributed by atoms with Crippen LogP contribution in [0, 0.1) is 18.7 Å². The van der Waals surface area contributed by atoms with Gasteiger partial charge in [-0.15, -0.1) is 0 Å². The predicted molar refractivity (Wildman–Crippen MR) is 133 cm³/mol. The summed E-state index contributed by atoms with van der Waals surface area (Å²) in [6, 6.07) is 13.2. The highest BCUT2D eigenvalue weighted by molar-refractivity contribution is 6.00. The van der Waals surface area contributed by atoms with Crippen LogP contribution in [0.15, 0.2) is 54.7 Å². The van der Waals surface area contributed by atoms with Gasteiger partial charge in [0.05, 0.1) is 19.0 Å². The Labute approximate surface area is 216 Å². The minimum Gasteiger partial charge on any atom is -0.497 e. The SMILES string of the molecule is COc1ccc(-c2nc3c(C(=O)N4CCC(Cc5ccccc5F)CC4)cnn3c(C(F)(F)F)c2C)cc1. The molecule has 0 radical (unpaired) electrons. The Morgan fingerprint density at radius 3 is 2.39 bits per heavy atom. The Kier molecular flexibility index (Phi) is 6.81.